The molecule has 0 unspecified atom stereocenters. The molecule has 6 heteroatoms. The molecule has 0 aliphatic rings. The third-order valence-electron chi connectivity index (χ3n) is 2.59. The number of urea groups is 1. The van der Waals surface area contributed by atoms with Gasteiger partial charge in [0.05, 0.1) is 12.1 Å². The number of likely N-dealkylation sites (N-methyl/N-ethyl adjacent to an activating group) is 1. The van der Waals surface area contributed by atoms with Crippen molar-refractivity contribution in [2.45, 2.75) is 52.1 Å². The number of aliphatic hydroxyl groups is 1. The lowest BCUT2D eigenvalue weighted by Gasteiger charge is -2.28. The van der Waals surface area contributed by atoms with Gasteiger partial charge in [-0.3, -0.25) is 4.79 Å². The molecule has 0 aromatic carbocycles. The lowest BCUT2D eigenvalue weighted by molar-refractivity contribution is -0.137. The van der Waals surface area contributed by atoms with Gasteiger partial charge in [-0.1, -0.05) is 6.42 Å². The topological polar surface area (TPSA) is 89.9 Å². The Bertz CT molecular complexity index is 287. The Morgan fingerprint density at radius 2 is 1.84 bits per heavy atom. The molecule has 0 bridgehead atoms. The second kappa shape index (κ2) is 8.74. The molecule has 19 heavy (non-hydrogen) atoms. The lowest BCUT2D eigenvalue weighted by atomic mass is 10.1. The molecule has 3 N–H and O–H groups in total. The number of carboxylic acid groups (broad SMARTS) is 1. The minimum absolute atomic E-state index is 0.174. The van der Waals surface area contributed by atoms with Crippen LogP contribution in [-0.4, -0.2) is 52.3 Å². The Morgan fingerprint density at radius 1 is 1.21 bits per heavy atom. The van der Waals surface area contributed by atoms with Gasteiger partial charge >= 0.3 is 12.0 Å². The predicted molar refractivity (Wildman–Crippen MR) is 73.0 cm³/mol. The molecule has 112 valence electrons. The number of hydrogen-bond acceptors (Lipinski definition) is 3. The summed E-state index contributed by atoms with van der Waals surface area (Å²) in [6.45, 7) is 6.53. The summed E-state index contributed by atoms with van der Waals surface area (Å²) in [6, 6.07) is -0.192. The minimum atomic E-state index is -0.908. The summed E-state index contributed by atoms with van der Waals surface area (Å²) >= 11 is 0. The summed E-state index contributed by atoms with van der Waals surface area (Å²) < 4.78 is 0. The fourth-order valence-corrected chi connectivity index (χ4v) is 1.68. The number of carboxylic acids is 1. The number of hydrogen-bond donors (Lipinski definition) is 3. The van der Waals surface area contributed by atoms with E-state index >= 15 is 0 Å². The molecule has 0 radical (unpaired) electrons. The Kier molecular flexibility index (Phi) is 8.14. The SMILES string of the molecule is CCN(CC(C)(C)O)C(=O)NCCCCCC(=O)O. The molecular weight excluding hydrogens is 248 g/mol. The number of nitrogens with zero attached hydrogens (tertiary/aromatic N) is 1. The first-order valence-electron chi connectivity index (χ1n) is 6.73. The highest BCUT2D eigenvalue weighted by molar-refractivity contribution is 5.74. The van der Waals surface area contributed by atoms with Crippen LogP contribution in [0.15, 0.2) is 0 Å². The van der Waals surface area contributed by atoms with Crippen molar-refractivity contribution < 1.29 is 19.8 Å². The largest absolute Gasteiger partial charge is 0.481 e. The van der Waals surface area contributed by atoms with E-state index in [1.165, 1.54) is 0 Å². The van der Waals surface area contributed by atoms with Crippen LogP contribution >= 0.6 is 0 Å². The molecule has 0 aliphatic heterocycles. The molecule has 0 atom stereocenters. The van der Waals surface area contributed by atoms with Gasteiger partial charge in [0.15, 0.2) is 0 Å². The number of carbonyl (C=O) groups is 2. The molecule has 0 saturated heterocycles. The maximum atomic E-state index is 11.8. The Balaban J connectivity index is 3.80. The van der Waals surface area contributed by atoms with Gasteiger partial charge in [0.2, 0.25) is 0 Å². The summed E-state index contributed by atoms with van der Waals surface area (Å²) in [7, 11) is 0. The van der Waals surface area contributed by atoms with Crippen molar-refractivity contribution >= 4 is 12.0 Å². The maximum Gasteiger partial charge on any atom is 0.317 e. The van der Waals surface area contributed by atoms with Gasteiger partial charge in [-0.05, 0) is 33.6 Å². The van der Waals surface area contributed by atoms with Gasteiger partial charge in [-0.15, -0.1) is 0 Å². The Labute approximate surface area is 114 Å². The van der Waals surface area contributed by atoms with E-state index in [0.717, 1.165) is 12.8 Å². The first-order valence-corrected chi connectivity index (χ1v) is 6.73. The van der Waals surface area contributed by atoms with Crippen molar-refractivity contribution in [2.75, 3.05) is 19.6 Å². The number of aliphatic carboxylic acids is 1. The standard InChI is InChI=1S/C13H26N2O4/c1-4-15(10-13(2,3)19)12(18)14-9-7-5-6-8-11(16)17/h19H,4-10H2,1-3H3,(H,14,18)(H,16,17). The van der Waals surface area contributed by atoms with Gasteiger partial charge in [0.25, 0.3) is 0 Å². The van der Waals surface area contributed by atoms with Gasteiger partial charge in [0.1, 0.15) is 0 Å². The van der Waals surface area contributed by atoms with Crippen molar-refractivity contribution in [1.29, 1.82) is 0 Å². The highest BCUT2D eigenvalue weighted by atomic mass is 16.4. The Hall–Kier alpha value is -1.30. The molecule has 0 rings (SSSR count). The van der Waals surface area contributed by atoms with Crippen molar-refractivity contribution in [2.24, 2.45) is 0 Å². The highest BCUT2D eigenvalue weighted by Gasteiger charge is 2.20. The molecular formula is C13H26N2O4. The predicted octanol–water partition coefficient (Wildman–Crippen LogP) is 1.43. The quantitative estimate of drug-likeness (QED) is 0.555. The van der Waals surface area contributed by atoms with E-state index in [9.17, 15) is 14.7 Å². The minimum Gasteiger partial charge on any atom is -0.481 e. The normalized spacial score (nSPS) is 11.2. The first-order chi connectivity index (χ1) is 8.76. The monoisotopic (exact) mass is 274 g/mol. The first kappa shape index (κ1) is 17.7. The van der Waals surface area contributed by atoms with E-state index in [2.05, 4.69) is 5.32 Å². The lowest BCUT2D eigenvalue weighted by Crippen LogP contribution is -2.46. The van der Waals surface area contributed by atoms with Crippen LogP contribution in [0.3, 0.4) is 0 Å². The van der Waals surface area contributed by atoms with E-state index < -0.39 is 11.6 Å². The van der Waals surface area contributed by atoms with Crippen LogP contribution in [0.1, 0.15) is 46.5 Å². The maximum absolute atomic E-state index is 11.8. The van der Waals surface area contributed by atoms with Crippen LogP contribution < -0.4 is 5.32 Å². The molecule has 0 aliphatic carbocycles. The number of carbonyl (C=O) groups excluding carboxylic acids is 1. The fraction of sp³-hybridized carbons (Fsp3) is 0.846. The van der Waals surface area contributed by atoms with E-state index in [-0.39, 0.29) is 19.0 Å². The molecule has 0 aromatic heterocycles. The van der Waals surface area contributed by atoms with Crippen molar-refractivity contribution in [3.8, 4) is 0 Å². The van der Waals surface area contributed by atoms with Crippen LogP contribution in [0.2, 0.25) is 0 Å². The summed E-state index contributed by atoms with van der Waals surface area (Å²) in [5.74, 6) is -0.786. The molecule has 2 amide bonds. The summed E-state index contributed by atoms with van der Waals surface area (Å²) in [6.07, 6.45) is 2.35. The third-order valence-corrected chi connectivity index (χ3v) is 2.59. The van der Waals surface area contributed by atoms with Crippen molar-refractivity contribution in [3.05, 3.63) is 0 Å². The average Bonchev–Trinajstić information content (AvgIpc) is 2.28. The molecule has 6 nitrogen and oxygen atoms in total. The smallest absolute Gasteiger partial charge is 0.317 e. The van der Waals surface area contributed by atoms with Crippen LogP contribution in [0.25, 0.3) is 0 Å². The highest BCUT2D eigenvalue weighted by Crippen LogP contribution is 2.05. The van der Waals surface area contributed by atoms with Gasteiger partial charge in [0, 0.05) is 19.5 Å². The van der Waals surface area contributed by atoms with Gasteiger partial charge in [-0.2, -0.15) is 0 Å². The second-order valence-corrected chi connectivity index (χ2v) is 5.26. The summed E-state index contributed by atoms with van der Waals surface area (Å²) in [5.41, 5.74) is -0.908. The van der Waals surface area contributed by atoms with E-state index in [1.807, 2.05) is 6.92 Å². The van der Waals surface area contributed by atoms with Gasteiger partial charge < -0.3 is 20.4 Å². The molecule has 0 spiro atoms. The summed E-state index contributed by atoms with van der Waals surface area (Å²) in [4.78, 5) is 23.7. The van der Waals surface area contributed by atoms with Crippen LogP contribution in [0.5, 0.6) is 0 Å². The number of rotatable bonds is 9. The third kappa shape index (κ3) is 10.3. The molecule has 0 fully saturated rings. The average molecular weight is 274 g/mol. The molecule has 0 saturated carbocycles. The number of unbranched alkanes of at least 4 members (excludes halogenated alkanes) is 2. The van der Waals surface area contributed by atoms with Crippen molar-refractivity contribution in [3.63, 3.8) is 0 Å². The summed E-state index contributed by atoms with van der Waals surface area (Å²) in [5, 5.41) is 20.9. The number of nitrogens with one attached hydrogen (secondary N) is 1. The number of amides is 2. The Morgan fingerprint density at radius 3 is 2.32 bits per heavy atom. The van der Waals surface area contributed by atoms with Crippen LogP contribution in [0, 0.1) is 0 Å². The van der Waals surface area contributed by atoms with E-state index in [1.54, 1.807) is 18.7 Å². The van der Waals surface area contributed by atoms with Gasteiger partial charge in [-0.25, -0.2) is 4.79 Å². The zero-order valence-electron chi connectivity index (χ0n) is 12.1. The van der Waals surface area contributed by atoms with Crippen LogP contribution in [-0.2, 0) is 4.79 Å². The fourth-order valence-electron chi connectivity index (χ4n) is 1.68. The molecule has 0 aromatic rings. The second-order valence-electron chi connectivity index (χ2n) is 5.26. The van der Waals surface area contributed by atoms with Crippen molar-refractivity contribution in [1.82, 2.24) is 10.2 Å². The van der Waals surface area contributed by atoms with E-state index in [0.29, 0.717) is 19.5 Å². The zero-order chi connectivity index (χ0) is 14.9. The molecule has 0 heterocycles. The van der Waals surface area contributed by atoms with E-state index in [4.69, 9.17) is 5.11 Å². The van der Waals surface area contributed by atoms with Crippen LogP contribution in [0.4, 0.5) is 4.79 Å². The zero-order valence-corrected chi connectivity index (χ0v) is 12.1.